The first-order valence-corrected chi connectivity index (χ1v) is 2.99. The molecule has 1 rings (SSSR count). The second kappa shape index (κ2) is 2.55. The summed E-state index contributed by atoms with van der Waals surface area (Å²) in [6, 6.07) is 0. The first-order valence-electron chi connectivity index (χ1n) is 2.59. The van der Waals surface area contributed by atoms with Crippen LogP contribution in [0.4, 0.5) is 0 Å². The smallest absolute Gasteiger partial charge is 0.0242 e. The lowest BCUT2D eigenvalue weighted by molar-refractivity contribution is 0.298. The lowest BCUT2D eigenvalue weighted by Crippen LogP contribution is -2.35. The monoisotopic (exact) mass is 118 g/mol. The number of hydrogen-bond acceptors (Lipinski definition) is 3. The molecule has 0 saturated carbocycles. The van der Waals surface area contributed by atoms with Crippen LogP contribution >= 0.6 is 12.8 Å². The Labute approximate surface area is 49.4 Å². The van der Waals surface area contributed by atoms with Crippen LogP contribution in [0.3, 0.4) is 0 Å². The molecule has 0 atom stereocenters. The molecule has 0 unspecified atom stereocenters. The van der Waals surface area contributed by atoms with Crippen molar-refractivity contribution in [3.8, 4) is 0 Å². The van der Waals surface area contributed by atoms with Gasteiger partial charge >= 0.3 is 0 Å². The van der Waals surface area contributed by atoms with Gasteiger partial charge in [-0.3, -0.25) is 0 Å². The van der Waals surface area contributed by atoms with E-state index in [1.54, 1.807) is 0 Å². The van der Waals surface area contributed by atoms with Crippen molar-refractivity contribution >= 4 is 12.8 Å². The van der Waals surface area contributed by atoms with Crippen molar-refractivity contribution in [3.63, 3.8) is 0 Å². The summed E-state index contributed by atoms with van der Waals surface area (Å²) in [6.45, 7) is 2.16. The Bertz CT molecular complexity index is 51.7. The van der Waals surface area contributed by atoms with E-state index in [9.17, 15) is 0 Å². The summed E-state index contributed by atoms with van der Waals surface area (Å²) < 4.78 is 1.84. The van der Waals surface area contributed by atoms with E-state index in [-0.39, 0.29) is 0 Å². The van der Waals surface area contributed by atoms with Crippen LogP contribution in [-0.4, -0.2) is 17.5 Å². The summed E-state index contributed by atoms with van der Waals surface area (Å²) in [6.07, 6.45) is 2.56. The first kappa shape index (κ1) is 5.41. The van der Waals surface area contributed by atoms with Crippen LogP contribution in [0, 0.1) is 0 Å². The van der Waals surface area contributed by atoms with E-state index in [1.807, 2.05) is 4.41 Å². The topological polar surface area (TPSA) is 15.3 Å². The zero-order chi connectivity index (χ0) is 5.11. The summed E-state index contributed by atoms with van der Waals surface area (Å²) in [4.78, 5) is 0. The predicted octanol–water partition coefficient (Wildman–Crippen LogP) is 0.432. The second-order valence-corrected chi connectivity index (χ2v) is 2.22. The SMILES string of the molecule is SN1CCCCN1. The lowest BCUT2D eigenvalue weighted by Gasteiger charge is -2.20. The van der Waals surface area contributed by atoms with Crippen molar-refractivity contribution < 1.29 is 0 Å². The lowest BCUT2D eigenvalue weighted by atomic mass is 10.3. The van der Waals surface area contributed by atoms with Crippen LogP contribution in [0.25, 0.3) is 0 Å². The van der Waals surface area contributed by atoms with Gasteiger partial charge in [0.15, 0.2) is 0 Å². The Hall–Kier alpha value is 0.270. The third-order valence-electron chi connectivity index (χ3n) is 1.09. The summed E-state index contributed by atoms with van der Waals surface area (Å²) in [5, 5.41) is 0. The Morgan fingerprint density at radius 2 is 2.29 bits per heavy atom. The fourth-order valence-corrected chi connectivity index (χ4v) is 0.915. The van der Waals surface area contributed by atoms with Gasteiger partial charge in [-0.1, -0.05) is 12.8 Å². The average molecular weight is 118 g/mol. The van der Waals surface area contributed by atoms with Crippen LogP contribution < -0.4 is 5.43 Å². The summed E-state index contributed by atoms with van der Waals surface area (Å²) in [5.41, 5.74) is 3.08. The highest BCUT2D eigenvalue weighted by Crippen LogP contribution is 1.99. The van der Waals surface area contributed by atoms with Crippen molar-refractivity contribution in [2.24, 2.45) is 0 Å². The number of hydrazine groups is 1. The molecule has 0 aromatic carbocycles. The van der Waals surface area contributed by atoms with Gasteiger partial charge in [0.1, 0.15) is 0 Å². The molecule has 2 nitrogen and oxygen atoms in total. The highest BCUT2D eigenvalue weighted by Gasteiger charge is 2.02. The molecule has 1 N–H and O–H groups in total. The second-order valence-electron chi connectivity index (χ2n) is 1.74. The molecule has 0 radical (unpaired) electrons. The van der Waals surface area contributed by atoms with Crippen molar-refractivity contribution in [2.75, 3.05) is 13.1 Å². The molecule has 3 heteroatoms. The molecule has 1 aliphatic heterocycles. The molecule has 0 aromatic heterocycles. The minimum Gasteiger partial charge on any atom is -0.246 e. The van der Waals surface area contributed by atoms with Crippen molar-refractivity contribution in [1.29, 1.82) is 0 Å². The molecule has 1 fully saturated rings. The number of nitrogens with one attached hydrogen (secondary N) is 1. The normalized spacial score (nSPS) is 25.3. The Balaban J connectivity index is 2.12. The standard InChI is InChI=1S/C4H10N2S/c7-6-4-2-1-3-5-6/h5,7H,1-4H2. The van der Waals surface area contributed by atoms with Crippen LogP contribution in [-0.2, 0) is 0 Å². The third kappa shape index (κ3) is 1.67. The maximum atomic E-state index is 4.08. The van der Waals surface area contributed by atoms with E-state index in [0.29, 0.717) is 0 Å². The summed E-state index contributed by atoms with van der Waals surface area (Å²) >= 11 is 4.08. The maximum absolute atomic E-state index is 4.08. The fourth-order valence-electron chi connectivity index (χ4n) is 0.674. The number of rotatable bonds is 0. The molecule has 1 aliphatic rings. The summed E-state index contributed by atoms with van der Waals surface area (Å²) in [7, 11) is 0. The Morgan fingerprint density at radius 1 is 1.43 bits per heavy atom. The average Bonchev–Trinajstić information content (AvgIpc) is 1.69. The molecule has 0 amide bonds. The van der Waals surface area contributed by atoms with Gasteiger partial charge in [0.05, 0.1) is 0 Å². The van der Waals surface area contributed by atoms with E-state index in [2.05, 4.69) is 18.2 Å². The van der Waals surface area contributed by atoms with Crippen LogP contribution in [0.2, 0.25) is 0 Å². The number of hydrogen-bond donors (Lipinski definition) is 2. The molecule has 1 heterocycles. The zero-order valence-corrected chi connectivity index (χ0v) is 5.12. The van der Waals surface area contributed by atoms with Crippen LogP contribution in [0.1, 0.15) is 12.8 Å². The maximum Gasteiger partial charge on any atom is 0.0242 e. The molecule has 0 aliphatic carbocycles. The fraction of sp³-hybridized carbons (Fsp3) is 1.00. The van der Waals surface area contributed by atoms with E-state index in [0.717, 1.165) is 13.1 Å². The number of nitrogens with zero attached hydrogens (tertiary/aromatic N) is 1. The minimum atomic E-state index is 1.07. The van der Waals surface area contributed by atoms with Crippen molar-refractivity contribution in [1.82, 2.24) is 9.84 Å². The molecule has 0 bridgehead atoms. The van der Waals surface area contributed by atoms with E-state index in [1.165, 1.54) is 12.8 Å². The molecule has 0 aromatic rings. The van der Waals surface area contributed by atoms with Crippen molar-refractivity contribution in [3.05, 3.63) is 0 Å². The van der Waals surface area contributed by atoms with Gasteiger partial charge in [-0.25, -0.2) is 5.43 Å². The largest absolute Gasteiger partial charge is 0.246 e. The zero-order valence-electron chi connectivity index (χ0n) is 4.22. The number of thiol groups is 1. The van der Waals surface area contributed by atoms with Gasteiger partial charge < -0.3 is 0 Å². The van der Waals surface area contributed by atoms with Gasteiger partial charge in [-0.15, -0.1) is 0 Å². The van der Waals surface area contributed by atoms with Gasteiger partial charge in [0.25, 0.3) is 0 Å². The van der Waals surface area contributed by atoms with Crippen LogP contribution in [0.15, 0.2) is 0 Å². The predicted molar refractivity (Wildman–Crippen MR) is 32.9 cm³/mol. The van der Waals surface area contributed by atoms with E-state index in [4.69, 9.17) is 0 Å². The first-order chi connectivity index (χ1) is 3.39. The third-order valence-corrected chi connectivity index (χ3v) is 1.43. The van der Waals surface area contributed by atoms with Crippen LogP contribution in [0.5, 0.6) is 0 Å². The van der Waals surface area contributed by atoms with Gasteiger partial charge in [-0.05, 0) is 12.8 Å². The highest BCUT2D eigenvalue weighted by molar-refractivity contribution is 7.77. The summed E-state index contributed by atoms with van der Waals surface area (Å²) in [5.74, 6) is 0. The van der Waals surface area contributed by atoms with Gasteiger partial charge in [0, 0.05) is 13.1 Å². The molecule has 7 heavy (non-hydrogen) atoms. The molecular formula is C4H10N2S. The van der Waals surface area contributed by atoms with Gasteiger partial charge in [-0.2, -0.15) is 4.41 Å². The molecule has 1 saturated heterocycles. The molecule has 0 spiro atoms. The van der Waals surface area contributed by atoms with Gasteiger partial charge in [0.2, 0.25) is 0 Å². The van der Waals surface area contributed by atoms with E-state index < -0.39 is 0 Å². The van der Waals surface area contributed by atoms with Crippen molar-refractivity contribution in [2.45, 2.75) is 12.8 Å². The van der Waals surface area contributed by atoms with E-state index >= 15 is 0 Å². The molecular weight excluding hydrogens is 108 g/mol. The Kier molecular flexibility index (Phi) is 1.97. The molecule has 42 valence electrons. The highest BCUT2D eigenvalue weighted by atomic mass is 32.1. The minimum absolute atomic E-state index is 1.07. The Morgan fingerprint density at radius 3 is 2.57 bits per heavy atom. The quantitative estimate of drug-likeness (QED) is 0.448.